The van der Waals surface area contributed by atoms with Gasteiger partial charge in [0.05, 0.1) is 5.75 Å². The highest BCUT2D eigenvalue weighted by molar-refractivity contribution is 7.99. The molecule has 0 spiro atoms. The summed E-state index contributed by atoms with van der Waals surface area (Å²) in [5.74, 6) is 2.20. The normalized spacial score (nSPS) is 12.4. The van der Waals surface area contributed by atoms with Crippen LogP contribution in [-0.4, -0.2) is 28.7 Å². The van der Waals surface area contributed by atoms with Crippen LogP contribution in [0.4, 0.5) is 5.69 Å². The average Bonchev–Trinajstić information content (AvgIpc) is 3.35. The summed E-state index contributed by atoms with van der Waals surface area (Å²) in [6.45, 7) is 4.47. The van der Waals surface area contributed by atoms with E-state index in [1.54, 1.807) is 12.1 Å². The molecule has 0 saturated carbocycles. The van der Waals surface area contributed by atoms with Crippen molar-refractivity contribution < 1.29 is 18.7 Å². The van der Waals surface area contributed by atoms with Crippen LogP contribution >= 0.6 is 11.8 Å². The van der Waals surface area contributed by atoms with Crippen molar-refractivity contribution in [2.45, 2.75) is 25.0 Å². The molecule has 4 rings (SSSR count). The highest BCUT2D eigenvalue weighted by Gasteiger charge is 2.17. The lowest BCUT2D eigenvalue weighted by Gasteiger charge is -2.07. The van der Waals surface area contributed by atoms with E-state index in [4.69, 9.17) is 13.9 Å². The predicted molar refractivity (Wildman–Crippen MR) is 106 cm³/mol. The number of carbonyl (C=O) groups is 1. The predicted octanol–water partition coefficient (Wildman–Crippen LogP) is 4.32. The number of rotatable bonds is 6. The SMILES string of the molecule is CC(C)c1ccc(NC(=O)CSc2nnc(-c3ccc4c(c3)OCO4)o2)cc1. The lowest BCUT2D eigenvalue weighted by molar-refractivity contribution is -0.113. The second-order valence-corrected chi connectivity index (χ2v) is 7.48. The Balaban J connectivity index is 1.33. The van der Waals surface area contributed by atoms with Gasteiger partial charge < -0.3 is 19.2 Å². The summed E-state index contributed by atoms with van der Waals surface area (Å²) in [6, 6.07) is 13.3. The molecule has 3 aromatic rings. The molecule has 2 aromatic carbocycles. The largest absolute Gasteiger partial charge is 0.454 e. The average molecular weight is 397 g/mol. The van der Waals surface area contributed by atoms with Crippen molar-refractivity contribution in [2.24, 2.45) is 0 Å². The maximum absolute atomic E-state index is 12.2. The summed E-state index contributed by atoms with van der Waals surface area (Å²) in [5, 5.41) is 11.2. The second kappa shape index (κ2) is 7.93. The third-order valence-corrected chi connectivity index (χ3v) is 5.03. The molecule has 1 amide bonds. The van der Waals surface area contributed by atoms with E-state index in [1.165, 1.54) is 17.3 Å². The fraction of sp³-hybridized carbons (Fsp3) is 0.250. The standard InChI is InChI=1S/C20H19N3O4S/c1-12(2)13-3-6-15(7-4-13)21-18(24)10-28-20-23-22-19(27-20)14-5-8-16-17(9-14)26-11-25-16/h3-9,12H,10-11H2,1-2H3,(H,21,24). The third-order valence-electron chi connectivity index (χ3n) is 4.21. The van der Waals surface area contributed by atoms with Gasteiger partial charge in [0.15, 0.2) is 11.5 Å². The van der Waals surface area contributed by atoms with E-state index in [-0.39, 0.29) is 18.5 Å². The van der Waals surface area contributed by atoms with Crippen molar-refractivity contribution in [1.29, 1.82) is 0 Å². The Kier molecular flexibility index (Phi) is 5.21. The van der Waals surface area contributed by atoms with Crippen LogP contribution in [0.1, 0.15) is 25.3 Å². The maximum atomic E-state index is 12.2. The molecule has 1 aliphatic rings. The number of carbonyl (C=O) groups excluding carboxylic acids is 1. The molecule has 0 fully saturated rings. The molecule has 1 aliphatic heterocycles. The van der Waals surface area contributed by atoms with Crippen molar-refractivity contribution in [3.63, 3.8) is 0 Å². The van der Waals surface area contributed by atoms with Crippen molar-refractivity contribution in [1.82, 2.24) is 10.2 Å². The molecule has 0 atom stereocenters. The zero-order chi connectivity index (χ0) is 19.5. The molecule has 0 unspecified atom stereocenters. The van der Waals surface area contributed by atoms with Gasteiger partial charge in [-0.2, -0.15) is 0 Å². The van der Waals surface area contributed by atoms with E-state index in [0.717, 1.165) is 11.3 Å². The number of aromatic nitrogens is 2. The third kappa shape index (κ3) is 4.12. The highest BCUT2D eigenvalue weighted by atomic mass is 32.2. The lowest BCUT2D eigenvalue weighted by atomic mass is 10.0. The van der Waals surface area contributed by atoms with E-state index in [9.17, 15) is 4.79 Å². The maximum Gasteiger partial charge on any atom is 0.277 e. The van der Waals surface area contributed by atoms with Gasteiger partial charge in [0.1, 0.15) is 0 Å². The number of hydrogen-bond donors (Lipinski definition) is 1. The first-order valence-electron chi connectivity index (χ1n) is 8.84. The van der Waals surface area contributed by atoms with Crippen LogP contribution in [0.25, 0.3) is 11.5 Å². The van der Waals surface area contributed by atoms with Crippen LogP contribution in [-0.2, 0) is 4.79 Å². The lowest BCUT2D eigenvalue weighted by Crippen LogP contribution is -2.14. The first-order valence-corrected chi connectivity index (χ1v) is 9.83. The van der Waals surface area contributed by atoms with Gasteiger partial charge >= 0.3 is 0 Å². The summed E-state index contributed by atoms with van der Waals surface area (Å²) in [6.07, 6.45) is 0. The Morgan fingerprint density at radius 3 is 2.68 bits per heavy atom. The Hall–Kier alpha value is -3.00. The molecule has 7 nitrogen and oxygen atoms in total. The van der Waals surface area contributed by atoms with Crippen molar-refractivity contribution in [2.75, 3.05) is 17.9 Å². The van der Waals surface area contributed by atoms with Gasteiger partial charge in [0, 0.05) is 11.3 Å². The van der Waals surface area contributed by atoms with E-state index in [2.05, 4.69) is 29.4 Å². The first-order chi connectivity index (χ1) is 13.6. The Morgan fingerprint density at radius 2 is 1.89 bits per heavy atom. The van der Waals surface area contributed by atoms with Crippen LogP contribution in [0.15, 0.2) is 52.1 Å². The minimum absolute atomic E-state index is 0.134. The summed E-state index contributed by atoms with van der Waals surface area (Å²) in [5.41, 5.74) is 2.73. The number of fused-ring (bicyclic) bond motifs is 1. The molecule has 144 valence electrons. The van der Waals surface area contributed by atoms with Crippen LogP contribution < -0.4 is 14.8 Å². The van der Waals surface area contributed by atoms with E-state index < -0.39 is 0 Å². The number of hydrogen-bond acceptors (Lipinski definition) is 7. The summed E-state index contributed by atoms with van der Waals surface area (Å²) < 4.78 is 16.3. The number of ether oxygens (including phenoxy) is 2. The Labute approximate surface area is 166 Å². The molecule has 28 heavy (non-hydrogen) atoms. The number of anilines is 1. The fourth-order valence-electron chi connectivity index (χ4n) is 2.69. The molecule has 0 saturated heterocycles. The van der Waals surface area contributed by atoms with Crippen molar-refractivity contribution in [3.05, 3.63) is 48.0 Å². The number of thioether (sulfide) groups is 1. The topological polar surface area (TPSA) is 86.5 Å². The van der Waals surface area contributed by atoms with Gasteiger partial charge in [0.25, 0.3) is 5.22 Å². The summed E-state index contributed by atoms with van der Waals surface area (Å²) >= 11 is 1.19. The minimum atomic E-state index is -0.134. The Bertz CT molecular complexity index is 985. The number of nitrogens with zero attached hydrogens (tertiary/aromatic N) is 2. The van der Waals surface area contributed by atoms with Gasteiger partial charge in [-0.25, -0.2) is 0 Å². The molecule has 1 N–H and O–H groups in total. The molecule has 0 radical (unpaired) electrons. The summed E-state index contributed by atoms with van der Waals surface area (Å²) in [4.78, 5) is 12.2. The van der Waals surface area contributed by atoms with Crippen LogP contribution in [0.2, 0.25) is 0 Å². The van der Waals surface area contributed by atoms with Crippen LogP contribution in [0.5, 0.6) is 11.5 Å². The molecule has 0 aliphatic carbocycles. The molecule has 8 heteroatoms. The quantitative estimate of drug-likeness (QED) is 0.620. The van der Waals surface area contributed by atoms with Crippen LogP contribution in [0, 0.1) is 0 Å². The highest BCUT2D eigenvalue weighted by Crippen LogP contribution is 2.36. The smallest absolute Gasteiger partial charge is 0.277 e. The molecular weight excluding hydrogens is 378 g/mol. The molecule has 2 heterocycles. The van der Waals surface area contributed by atoms with Crippen molar-refractivity contribution >= 4 is 23.4 Å². The number of benzene rings is 2. The van der Waals surface area contributed by atoms with Gasteiger partial charge in [-0.3, -0.25) is 4.79 Å². The second-order valence-electron chi connectivity index (χ2n) is 6.55. The molecule has 1 aromatic heterocycles. The van der Waals surface area contributed by atoms with Gasteiger partial charge in [-0.05, 0) is 41.8 Å². The first kappa shape index (κ1) is 18.4. The zero-order valence-electron chi connectivity index (χ0n) is 15.5. The van der Waals surface area contributed by atoms with Gasteiger partial charge in [-0.1, -0.05) is 37.7 Å². The number of amides is 1. The molecule has 0 bridgehead atoms. The monoisotopic (exact) mass is 397 g/mol. The zero-order valence-corrected chi connectivity index (χ0v) is 16.3. The molecular formula is C20H19N3O4S. The fourth-order valence-corrected chi connectivity index (χ4v) is 3.25. The van der Waals surface area contributed by atoms with E-state index in [0.29, 0.717) is 28.5 Å². The van der Waals surface area contributed by atoms with Gasteiger partial charge in [0.2, 0.25) is 18.6 Å². The minimum Gasteiger partial charge on any atom is -0.454 e. The van der Waals surface area contributed by atoms with Gasteiger partial charge in [-0.15, -0.1) is 10.2 Å². The Morgan fingerprint density at radius 1 is 1.11 bits per heavy atom. The summed E-state index contributed by atoms with van der Waals surface area (Å²) in [7, 11) is 0. The van der Waals surface area contributed by atoms with Crippen molar-refractivity contribution in [3.8, 4) is 23.0 Å². The number of nitrogens with one attached hydrogen (secondary N) is 1. The van der Waals surface area contributed by atoms with E-state index >= 15 is 0 Å². The van der Waals surface area contributed by atoms with E-state index in [1.807, 2.05) is 30.3 Å². The van der Waals surface area contributed by atoms with Crippen LogP contribution in [0.3, 0.4) is 0 Å².